The zero-order valence-electron chi connectivity index (χ0n) is 8.62. The highest BCUT2D eigenvalue weighted by molar-refractivity contribution is 6.04. The Labute approximate surface area is 96.1 Å². The number of fused-ring (bicyclic) bond motifs is 2. The van der Waals surface area contributed by atoms with Crippen molar-refractivity contribution in [2.45, 2.75) is 0 Å². The molecule has 0 spiro atoms. The minimum absolute atomic E-state index is 0.179. The van der Waals surface area contributed by atoms with Crippen molar-refractivity contribution in [1.29, 1.82) is 0 Å². The van der Waals surface area contributed by atoms with Crippen LogP contribution in [0.5, 0.6) is 5.88 Å². The van der Waals surface area contributed by atoms with Crippen LogP contribution in [0.3, 0.4) is 0 Å². The second-order valence-corrected chi connectivity index (χ2v) is 3.49. The average Bonchev–Trinajstić information content (AvgIpc) is 2.75. The number of hydrogen-bond donors (Lipinski definition) is 0. The lowest BCUT2D eigenvalue weighted by atomic mass is 10.1. The third kappa shape index (κ3) is 1.48. The van der Waals surface area contributed by atoms with Crippen molar-refractivity contribution in [2.24, 2.45) is 0 Å². The first-order chi connectivity index (χ1) is 8.25. The molecule has 0 N–H and O–H groups in total. The van der Waals surface area contributed by atoms with Gasteiger partial charge < -0.3 is 9.57 Å². The Morgan fingerprint density at radius 3 is 2.35 bits per heavy atom. The molecule has 0 saturated carbocycles. The maximum atomic E-state index is 11.8. The number of carbonyl (C=O) groups is 2. The van der Waals surface area contributed by atoms with Crippen LogP contribution in [-0.2, 0) is 0 Å². The maximum Gasteiger partial charge on any atom is 0.364 e. The van der Waals surface area contributed by atoms with Crippen molar-refractivity contribution in [3.8, 4) is 5.88 Å². The van der Waals surface area contributed by atoms with Gasteiger partial charge in [0.15, 0.2) is 0 Å². The summed E-state index contributed by atoms with van der Waals surface area (Å²) >= 11 is 0. The van der Waals surface area contributed by atoms with Crippen LogP contribution < -0.4 is 9.57 Å². The summed E-state index contributed by atoms with van der Waals surface area (Å²) in [6.07, 6.45) is 1.49. The lowest BCUT2D eigenvalue weighted by Gasteiger charge is -2.14. The summed E-state index contributed by atoms with van der Waals surface area (Å²) in [5, 5.41) is 0. The Morgan fingerprint density at radius 1 is 0.882 bits per heavy atom. The van der Waals surface area contributed by atoms with E-state index < -0.39 is 11.9 Å². The molecule has 0 radical (unpaired) electrons. The molecule has 0 unspecified atom stereocenters. The molecule has 3 rings (SSSR count). The predicted octanol–water partition coefficient (Wildman–Crippen LogP) is 1.29. The minimum atomic E-state index is -0.588. The molecule has 1 aromatic heterocycles. The zero-order chi connectivity index (χ0) is 11.8. The monoisotopic (exact) mass is 229 g/mol. The zero-order valence-corrected chi connectivity index (χ0v) is 8.62. The first kappa shape index (κ1) is 9.65. The van der Waals surface area contributed by atoms with Crippen LogP contribution >= 0.6 is 0 Å². The van der Waals surface area contributed by atoms with Gasteiger partial charge in [0.25, 0.3) is 0 Å². The van der Waals surface area contributed by atoms with Crippen molar-refractivity contribution in [2.75, 3.05) is 0 Å². The highest BCUT2D eigenvalue weighted by Gasteiger charge is 2.24. The van der Waals surface area contributed by atoms with Gasteiger partial charge in [0, 0.05) is 12.3 Å². The summed E-state index contributed by atoms with van der Waals surface area (Å²) in [6, 6.07) is 9.52. The van der Waals surface area contributed by atoms with Crippen LogP contribution in [0.2, 0.25) is 0 Å². The van der Waals surface area contributed by atoms with Crippen LogP contribution in [0.4, 0.5) is 0 Å². The molecule has 2 aromatic rings. The number of rotatable bonds is 0. The Morgan fingerprint density at radius 2 is 1.59 bits per heavy atom. The summed E-state index contributed by atoms with van der Waals surface area (Å²) in [5.41, 5.74) is 0.391. The van der Waals surface area contributed by atoms with E-state index in [2.05, 4.69) is 0 Å². The molecule has 1 aliphatic heterocycles. The second-order valence-electron chi connectivity index (χ2n) is 3.49. The fraction of sp³-hybridized carbons (Fsp3) is 0. The molecule has 0 amide bonds. The third-order valence-corrected chi connectivity index (χ3v) is 2.42. The van der Waals surface area contributed by atoms with E-state index in [0.29, 0.717) is 0 Å². The molecule has 0 fully saturated rings. The van der Waals surface area contributed by atoms with Crippen molar-refractivity contribution in [3.63, 3.8) is 0 Å². The SMILES string of the molecule is O=C1Oc2cccn2OC(=O)c2ccccc21. The third-order valence-electron chi connectivity index (χ3n) is 2.42. The number of aromatic nitrogens is 1. The molecule has 0 bridgehead atoms. The Hall–Kier alpha value is -2.56. The quantitative estimate of drug-likeness (QED) is 0.639. The summed E-state index contributed by atoms with van der Waals surface area (Å²) in [4.78, 5) is 28.7. The molecule has 2 heterocycles. The average molecular weight is 229 g/mol. The van der Waals surface area contributed by atoms with Gasteiger partial charge in [0.2, 0.25) is 5.88 Å². The fourth-order valence-electron chi connectivity index (χ4n) is 1.63. The Kier molecular flexibility index (Phi) is 1.98. The van der Waals surface area contributed by atoms with E-state index >= 15 is 0 Å². The maximum absolute atomic E-state index is 11.8. The molecule has 17 heavy (non-hydrogen) atoms. The molecule has 5 heteroatoms. The largest absolute Gasteiger partial charge is 0.403 e. The van der Waals surface area contributed by atoms with Gasteiger partial charge in [-0.05, 0) is 18.2 Å². The lowest BCUT2D eigenvalue weighted by Crippen LogP contribution is -2.27. The van der Waals surface area contributed by atoms with E-state index in [-0.39, 0.29) is 17.0 Å². The van der Waals surface area contributed by atoms with Gasteiger partial charge in [0.05, 0.1) is 11.1 Å². The van der Waals surface area contributed by atoms with Gasteiger partial charge in [-0.3, -0.25) is 0 Å². The van der Waals surface area contributed by atoms with Gasteiger partial charge >= 0.3 is 11.9 Å². The normalized spacial score (nSPS) is 13.9. The molecule has 1 aromatic carbocycles. The highest BCUT2D eigenvalue weighted by Crippen LogP contribution is 2.19. The number of hydrogen-bond acceptors (Lipinski definition) is 4. The summed E-state index contributed by atoms with van der Waals surface area (Å²) in [5.74, 6) is -0.982. The Bertz CT molecular complexity index is 563. The van der Waals surface area contributed by atoms with Gasteiger partial charge in [-0.15, -0.1) is 4.73 Å². The minimum Gasteiger partial charge on any atom is -0.403 e. The van der Waals surface area contributed by atoms with Crippen LogP contribution in [0.15, 0.2) is 42.6 Å². The van der Waals surface area contributed by atoms with Crippen LogP contribution in [-0.4, -0.2) is 16.7 Å². The molecular weight excluding hydrogens is 222 g/mol. The summed E-state index contributed by atoms with van der Waals surface area (Å²) in [6.45, 7) is 0. The van der Waals surface area contributed by atoms with Crippen LogP contribution in [0, 0.1) is 0 Å². The number of nitrogens with zero attached hydrogens (tertiary/aromatic N) is 1. The van der Waals surface area contributed by atoms with E-state index in [9.17, 15) is 9.59 Å². The van der Waals surface area contributed by atoms with E-state index in [4.69, 9.17) is 9.57 Å². The standard InChI is InChI=1S/C12H7NO4/c14-11-8-4-1-2-5-9(8)12(15)17-13-7-3-6-10(13)16-11/h1-7H. The first-order valence-corrected chi connectivity index (χ1v) is 4.97. The molecule has 84 valence electrons. The highest BCUT2D eigenvalue weighted by atomic mass is 16.7. The van der Waals surface area contributed by atoms with Crippen LogP contribution in [0.1, 0.15) is 20.7 Å². The summed E-state index contributed by atoms with van der Waals surface area (Å²) in [7, 11) is 0. The predicted molar refractivity (Wildman–Crippen MR) is 56.7 cm³/mol. The van der Waals surface area contributed by atoms with Gasteiger partial charge in [-0.1, -0.05) is 12.1 Å². The fourth-order valence-corrected chi connectivity index (χ4v) is 1.63. The smallest absolute Gasteiger partial charge is 0.364 e. The van der Waals surface area contributed by atoms with E-state index in [1.54, 1.807) is 24.3 Å². The van der Waals surface area contributed by atoms with Crippen LogP contribution in [0.25, 0.3) is 0 Å². The lowest BCUT2D eigenvalue weighted by molar-refractivity contribution is 0.0361. The van der Waals surface area contributed by atoms with E-state index in [1.165, 1.54) is 18.3 Å². The topological polar surface area (TPSA) is 57.5 Å². The molecule has 0 saturated heterocycles. The second kappa shape index (κ2) is 3.48. The first-order valence-electron chi connectivity index (χ1n) is 4.97. The molecule has 5 nitrogen and oxygen atoms in total. The Balaban J connectivity index is 2.16. The van der Waals surface area contributed by atoms with E-state index in [0.717, 1.165) is 4.73 Å². The molecule has 0 aliphatic carbocycles. The molecule has 0 atom stereocenters. The molecular formula is C12H7NO4. The van der Waals surface area contributed by atoms with Crippen molar-refractivity contribution >= 4 is 11.9 Å². The van der Waals surface area contributed by atoms with Gasteiger partial charge in [0.1, 0.15) is 0 Å². The summed E-state index contributed by atoms with van der Waals surface area (Å²) < 4.78 is 6.22. The number of carbonyl (C=O) groups excluding carboxylic acids is 2. The van der Waals surface area contributed by atoms with Gasteiger partial charge in [-0.2, -0.15) is 0 Å². The van der Waals surface area contributed by atoms with Crippen molar-refractivity contribution in [3.05, 3.63) is 53.7 Å². The van der Waals surface area contributed by atoms with Crippen molar-refractivity contribution < 1.29 is 19.2 Å². The number of benzene rings is 1. The number of ether oxygens (including phenoxy) is 1. The number of esters is 1. The van der Waals surface area contributed by atoms with E-state index in [1.807, 2.05) is 0 Å². The van der Waals surface area contributed by atoms with Crippen molar-refractivity contribution in [1.82, 2.24) is 4.73 Å². The molecule has 1 aliphatic rings. The van der Waals surface area contributed by atoms with Gasteiger partial charge in [-0.25, -0.2) is 9.59 Å².